The van der Waals surface area contributed by atoms with E-state index in [-0.39, 0.29) is 24.8 Å². The second kappa shape index (κ2) is 9.18. The number of hydrogen-bond donors (Lipinski definition) is 0. The number of aryl methyl sites for hydroxylation is 1. The van der Waals surface area contributed by atoms with Crippen molar-refractivity contribution in [3.8, 4) is 11.1 Å². The Morgan fingerprint density at radius 3 is 1.94 bits per heavy atom. The largest absolute Gasteiger partial charge is 0.147 e. The van der Waals surface area contributed by atoms with E-state index in [1.54, 1.807) is 27.9 Å². The summed E-state index contributed by atoms with van der Waals surface area (Å²) in [5, 5.41) is 0. The van der Waals surface area contributed by atoms with Gasteiger partial charge in [0.05, 0.1) is 0 Å². The zero-order valence-corrected chi connectivity index (χ0v) is 26.3. The van der Waals surface area contributed by atoms with Crippen molar-refractivity contribution in [2.24, 2.45) is 5.92 Å². The minimum atomic E-state index is -3.32. The minimum absolute atomic E-state index is 0. The van der Waals surface area contributed by atoms with Gasteiger partial charge in [0, 0.05) is 0 Å². The van der Waals surface area contributed by atoms with Gasteiger partial charge in [-0.2, -0.15) is 0 Å². The van der Waals surface area contributed by atoms with E-state index in [1.807, 2.05) is 3.28 Å². The van der Waals surface area contributed by atoms with Crippen molar-refractivity contribution in [2.45, 2.75) is 54.4 Å². The van der Waals surface area contributed by atoms with E-state index < -0.39 is 17.4 Å². The van der Waals surface area contributed by atoms with Gasteiger partial charge in [-0.15, -0.1) is 24.8 Å². The van der Waals surface area contributed by atoms with Crippen LogP contribution in [0.4, 0.5) is 0 Å². The van der Waals surface area contributed by atoms with Crippen LogP contribution in [0.1, 0.15) is 54.9 Å². The van der Waals surface area contributed by atoms with Gasteiger partial charge in [-0.1, -0.05) is 0 Å². The molecule has 0 spiro atoms. The van der Waals surface area contributed by atoms with Crippen LogP contribution in [0.15, 0.2) is 68.0 Å². The third-order valence-corrected chi connectivity index (χ3v) is 25.6. The summed E-state index contributed by atoms with van der Waals surface area (Å²) in [6.45, 7) is 16.6. The van der Waals surface area contributed by atoms with Gasteiger partial charge in [0.15, 0.2) is 0 Å². The molecule has 2 aromatic carbocycles. The number of allylic oxidation sites excluding steroid dienone is 5. The SMILES string of the molecule is CC1=Cc2c(ccc(C)c2-c2ccccc2)[CH]1[Zr]([CH3])([CH3])(=[SiH2])[C]1=C(C)C(C)=C(C)C1C.Cl.Cl. The van der Waals surface area contributed by atoms with Gasteiger partial charge in [0.1, 0.15) is 0 Å². The first-order valence-corrected chi connectivity index (χ1v) is 24.8. The maximum Gasteiger partial charge on any atom is -0.147 e. The summed E-state index contributed by atoms with van der Waals surface area (Å²) in [5.41, 5.74) is 13.5. The molecule has 2 atom stereocenters. The Morgan fingerprint density at radius 2 is 1.41 bits per heavy atom. The van der Waals surface area contributed by atoms with Crippen molar-refractivity contribution >= 4 is 37.8 Å². The summed E-state index contributed by atoms with van der Waals surface area (Å²) in [7, 11) is 0. The number of fused-ring (bicyclic) bond motifs is 1. The summed E-state index contributed by atoms with van der Waals surface area (Å²) in [4.78, 5) is 0. The van der Waals surface area contributed by atoms with Gasteiger partial charge in [-0.05, 0) is 0 Å². The molecular weight excluding hydrogens is 527 g/mol. The third-order valence-electron chi connectivity index (χ3n) is 8.14. The van der Waals surface area contributed by atoms with E-state index >= 15 is 0 Å². The van der Waals surface area contributed by atoms with Crippen LogP contribution < -0.4 is 0 Å². The Labute approximate surface area is 210 Å². The number of benzene rings is 2. The maximum absolute atomic E-state index is 3.32. The predicted molar refractivity (Wildman–Crippen MR) is 148 cm³/mol. The third kappa shape index (κ3) is 4.04. The normalized spacial score (nSPS) is 20.6. The van der Waals surface area contributed by atoms with E-state index in [1.165, 1.54) is 22.3 Å². The molecule has 0 radical (unpaired) electrons. The Kier molecular flexibility index (Phi) is 7.91. The first kappa shape index (κ1) is 27.6. The first-order chi connectivity index (χ1) is 13.9. The van der Waals surface area contributed by atoms with Crippen LogP contribution in [0.2, 0.25) is 9.26 Å². The van der Waals surface area contributed by atoms with Crippen molar-refractivity contribution < 1.29 is 17.4 Å². The van der Waals surface area contributed by atoms with Gasteiger partial charge in [0.25, 0.3) is 0 Å². The second-order valence-electron chi connectivity index (χ2n) is 10.8. The average molecular weight is 565 g/mol. The van der Waals surface area contributed by atoms with Crippen LogP contribution in [0, 0.1) is 12.8 Å². The molecule has 4 rings (SSSR count). The number of halogens is 2. The van der Waals surface area contributed by atoms with Crippen molar-refractivity contribution in [3.63, 3.8) is 0 Å². The molecule has 32 heavy (non-hydrogen) atoms. The van der Waals surface area contributed by atoms with Crippen LogP contribution in [-0.2, 0) is 17.4 Å². The zero-order chi connectivity index (χ0) is 22.0. The Bertz CT molecular complexity index is 1230. The summed E-state index contributed by atoms with van der Waals surface area (Å²) in [6.07, 6.45) is 2.52. The predicted octanol–water partition coefficient (Wildman–Crippen LogP) is 8.56. The molecule has 2 aliphatic rings. The topological polar surface area (TPSA) is 0 Å². The smallest absolute Gasteiger partial charge is 0.147 e. The average Bonchev–Trinajstić information content (AvgIpc) is 3.12. The zero-order valence-electron chi connectivity index (χ0n) is 20.8. The van der Waals surface area contributed by atoms with E-state index in [0.717, 1.165) is 0 Å². The molecule has 0 bridgehead atoms. The molecule has 172 valence electrons. The maximum atomic E-state index is 2.71. The van der Waals surface area contributed by atoms with Gasteiger partial charge < -0.3 is 0 Å². The molecule has 4 heteroatoms. The van der Waals surface area contributed by atoms with Crippen LogP contribution in [0.25, 0.3) is 17.2 Å². The molecule has 0 saturated carbocycles. The molecule has 0 amide bonds. The van der Waals surface area contributed by atoms with Crippen LogP contribution in [0.5, 0.6) is 0 Å². The number of hydrogen-bond acceptors (Lipinski definition) is 0. The Morgan fingerprint density at radius 1 is 0.812 bits per heavy atom. The minimum Gasteiger partial charge on any atom is -0.147 e. The van der Waals surface area contributed by atoms with Crippen molar-refractivity contribution in [3.05, 3.63) is 84.7 Å². The summed E-state index contributed by atoms with van der Waals surface area (Å²) < 4.78 is 7.84. The molecule has 2 aromatic rings. The van der Waals surface area contributed by atoms with Crippen LogP contribution in [0.3, 0.4) is 0 Å². The molecule has 0 saturated heterocycles. The standard InChI is InChI=1S/C17H15.C9H13.2CH3.2ClH.H2Si.Zr/c1-12-10-15-9-8-13(2)17(16(15)11-12)14-6-4-3-5-7-14;1-6-5-7(2)9(4)8(6)3;;;;;;/h3-11H,1-2H3;6H,1-4H3;2*1H3;2*1H;1H2;. The van der Waals surface area contributed by atoms with Crippen LogP contribution >= 0.6 is 24.8 Å². The van der Waals surface area contributed by atoms with Gasteiger partial charge >= 0.3 is 187 Å². The first-order valence-electron chi connectivity index (χ1n) is 11.3. The quantitative estimate of drug-likeness (QED) is 0.328. The van der Waals surface area contributed by atoms with Gasteiger partial charge in [-0.25, -0.2) is 0 Å². The fourth-order valence-electron chi connectivity index (χ4n) is 6.77. The van der Waals surface area contributed by atoms with E-state index in [0.29, 0.717) is 9.54 Å². The van der Waals surface area contributed by atoms with Crippen molar-refractivity contribution in [1.82, 2.24) is 0 Å². The number of rotatable bonds is 3. The van der Waals surface area contributed by atoms with Crippen LogP contribution in [-0.4, -0.2) is 6.88 Å². The monoisotopic (exact) mass is 562 g/mol. The van der Waals surface area contributed by atoms with Gasteiger partial charge in [-0.3, -0.25) is 0 Å². The van der Waals surface area contributed by atoms with Gasteiger partial charge in [0.2, 0.25) is 0 Å². The molecule has 2 aliphatic carbocycles. The molecule has 0 heterocycles. The summed E-state index contributed by atoms with van der Waals surface area (Å²) in [5.74, 6) is 0.596. The Hall–Kier alpha value is -0.660. The fourth-order valence-corrected chi connectivity index (χ4v) is 28.5. The molecule has 2 unspecified atom stereocenters. The second-order valence-corrected chi connectivity index (χ2v) is 40.3. The van der Waals surface area contributed by atoms with E-state index in [9.17, 15) is 0 Å². The summed E-state index contributed by atoms with van der Waals surface area (Å²) in [6, 6.07) is 15.8. The van der Waals surface area contributed by atoms with Crippen molar-refractivity contribution in [2.75, 3.05) is 0 Å². The molecule has 0 nitrogen and oxygen atoms in total. The Balaban J connectivity index is 0.00000181. The molecule has 0 aromatic heterocycles. The fraction of sp³-hybridized carbons (Fsp3) is 0.357. The molecule has 0 fully saturated rings. The molecule has 0 N–H and O–H groups in total. The molecular formula is C28H38Cl2SiZr. The van der Waals surface area contributed by atoms with E-state index in [4.69, 9.17) is 0 Å². The summed E-state index contributed by atoms with van der Waals surface area (Å²) >= 11 is -3.32. The van der Waals surface area contributed by atoms with Crippen molar-refractivity contribution in [1.29, 1.82) is 0 Å². The molecule has 0 aliphatic heterocycles. The van der Waals surface area contributed by atoms with E-state index in [2.05, 4.69) is 106 Å².